The third kappa shape index (κ3) is 12.2. The minimum absolute atomic E-state index is 0.0388. The fourth-order valence-corrected chi connectivity index (χ4v) is 5.12. The van der Waals surface area contributed by atoms with Crippen LogP contribution in [0.25, 0.3) is 0 Å². The van der Waals surface area contributed by atoms with Gasteiger partial charge in [-0.1, -0.05) is 38.1 Å². The molecule has 0 radical (unpaired) electrons. The van der Waals surface area contributed by atoms with Crippen LogP contribution >= 0.6 is 0 Å². The number of aromatic hydroxyl groups is 1. The van der Waals surface area contributed by atoms with Gasteiger partial charge in [0.05, 0.1) is 18.1 Å². The molecular formula is C34H47N5O8. The minimum atomic E-state index is -1.25. The molecule has 0 saturated heterocycles. The predicted octanol–water partition coefficient (Wildman–Crippen LogP) is 1.27. The molecule has 0 saturated carbocycles. The van der Waals surface area contributed by atoms with E-state index >= 15 is 0 Å². The van der Waals surface area contributed by atoms with Crippen molar-refractivity contribution in [3.63, 3.8) is 0 Å². The molecule has 2 aromatic carbocycles. The van der Waals surface area contributed by atoms with Gasteiger partial charge in [0.25, 0.3) is 11.8 Å². The number of phenolic OH excluding ortho intramolecular Hbond substituents is 1. The Hall–Kier alpha value is -4.65. The van der Waals surface area contributed by atoms with Crippen LogP contribution in [-0.2, 0) is 25.6 Å². The summed E-state index contributed by atoms with van der Waals surface area (Å²) in [6.45, 7) is 6.09. The van der Waals surface area contributed by atoms with Gasteiger partial charge >= 0.3 is 0 Å². The van der Waals surface area contributed by atoms with Gasteiger partial charge in [-0.25, -0.2) is 0 Å². The second kappa shape index (κ2) is 18.5. The van der Waals surface area contributed by atoms with Crippen LogP contribution in [0.5, 0.6) is 11.5 Å². The summed E-state index contributed by atoms with van der Waals surface area (Å²) in [5.74, 6) is -2.00. The highest BCUT2D eigenvalue weighted by atomic mass is 16.5. The van der Waals surface area contributed by atoms with Crippen LogP contribution in [0.3, 0.4) is 0 Å². The van der Waals surface area contributed by atoms with E-state index in [1.54, 1.807) is 47.4 Å². The van der Waals surface area contributed by atoms with Crippen molar-refractivity contribution in [2.45, 2.75) is 71.1 Å². The number of para-hydroxylation sites is 1. The summed E-state index contributed by atoms with van der Waals surface area (Å²) in [5.41, 5.74) is 0.769. The van der Waals surface area contributed by atoms with E-state index in [0.29, 0.717) is 50.1 Å². The standard InChI is InChI=1S/C34H47N5O8/c1-22(2)18-27-32(44)38-31(23(3)40)33(45)36-14-6-7-16-39(34(46)26-12-4-5-13-28(26)41)17-9-15-35-30(43)21-47-25-11-8-10-24(19-25)20-29(42)37-27/h4-5,8,10-13,19,22-23,27,31,40-41H,6-7,9,14-18,20-21H2,1-3H3,(H,35,43)(H,36,45)(H,37,42)(H,38,44)/t23-,27-,31+/m1/s1. The molecule has 2 aromatic rings. The van der Waals surface area contributed by atoms with E-state index < -0.39 is 35.9 Å². The maximum atomic E-state index is 13.3. The van der Waals surface area contributed by atoms with Crippen molar-refractivity contribution < 1.29 is 38.9 Å². The molecule has 1 aliphatic heterocycles. The van der Waals surface area contributed by atoms with Gasteiger partial charge in [-0.3, -0.25) is 24.0 Å². The van der Waals surface area contributed by atoms with Gasteiger partial charge in [0.15, 0.2) is 6.61 Å². The number of phenols is 1. The summed E-state index contributed by atoms with van der Waals surface area (Å²) < 4.78 is 5.64. The number of carbonyl (C=O) groups is 5. The van der Waals surface area contributed by atoms with E-state index in [2.05, 4.69) is 21.3 Å². The number of hydrogen-bond acceptors (Lipinski definition) is 8. The van der Waals surface area contributed by atoms with E-state index in [-0.39, 0.29) is 55.2 Å². The molecule has 3 atom stereocenters. The van der Waals surface area contributed by atoms with E-state index in [1.807, 2.05) is 13.8 Å². The second-order valence-electron chi connectivity index (χ2n) is 12.1. The molecule has 0 spiro atoms. The number of amides is 5. The van der Waals surface area contributed by atoms with Crippen molar-refractivity contribution in [1.29, 1.82) is 0 Å². The molecule has 1 heterocycles. The van der Waals surface area contributed by atoms with Crippen LogP contribution in [-0.4, -0.2) is 95.6 Å². The van der Waals surface area contributed by atoms with E-state index in [1.165, 1.54) is 13.0 Å². The van der Waals surface area contributed by atoms with Crippen LogP contribution in [0.1, 0.15) is 62.4 Å². The Morgan fingerprint density at radius 2 is 1.62 bits per heavy atom. The number of fused-ring (bicyclic) bond motifs is 2. The Balaban J connectivity index is 1.78. The molecular weight excluding hydrogens is 606 g/mol. The zero-order chi connectivity index (χ0) is 34.3. The van der Waals surface area contributed by atoms with Gasteiger partial charge in [0.2, 0.25) is 17.7 Å². The summed E-state index contributed by atoms with van der Waals surface area (Å²) in [5, 5.41) is 31.5. The first kappa shape index (κ1) is 36.8. The lowest BCUT2D eigenvalue weighted by atomic mass is 10.0. The quantitative estimate of drug-likeness (QED) is 0.285. The molecule has 1 aliphatic rings. The zero-order valence-electron chi connectivity index (χ0n) is 27.3. The Morgan fingerprint density at radius 1 is 0.894 bits per heavy atom. The van der Waals surface area contributed by atoms with Crippen molar-refractivity contribution in [3.05, 3.63) is 59.7 Å². The highest BCUT2D eigenvalue weighted by Crippen LogP contribution is 2.19. The fourth-order valence-electron chi connectivity index (χ4n) is 5.12. The Morgan fingerprint density at radius 3 is 2.34 bits per heavy atom. The number of hydrogen-bond donors (Lipinski definition) is 6. The van der Waals surface area contributed by atoms with E-state index in [4.69, 9.17) is 4.74 Å². The van der Waals surface area contributed by atoms with Gasteiger partial charge in [-0.15, -0.1) is 0 Å². The average molecular weight is 654 g/mol. The maximum Gasteiger partial charge on any atom is 0.257 e. The van der Waals surface area contributed by atoms with Gasteiger partial charge < -0.3 is 41.1 Å². The third-order valence-corrected chi connectivity index (χ3v) is 7.56. The van der Waals surface area contributed by atoms with Crippen LogP contribution < -0.4 is 26.0 Å². The molecule has 0 unspecified atom stereocenters. The molecule has 13 heteroatoms. The predicted molar refractivity (Wildman–Crippen MR) is 175 cm³/mol. The van der Waals surface area contributed by atoms with E-state index in [9.17, 15) is 34.2 Å². The molecule has 256 valence electrons. The number of aliphatic hydroxyl groups is 1. The lowest BCUT2D eigenvalue weighted by Gasteiger charge is -2.26. The van der Waals surface area contributed by atoms with E-state index in [0.717, 1.165) is 0 Å². The molecule has 0 fully saturated rings. The molecule has 6 N–H and O–H groups in total. The molecule has 3 rings (SSSR count). The molecule has 0 aliphatic carbocycles. The first-order valence-electron chi connectivity index (χ1n) is 16.1. The van der Waals surface area contributed by atoms with Crippen LogP contribution in [0, 0.1) is 5.92 Å². The minimum Gasteiger partial charge on any atom is -0.507 e. The largest absolute Gasteiger partial charge is 0.507 e. The number of rotatable bonds is 4. The molecule has 0 aromatic heterocycles. The van der Waals surface area contributed by atoms with Crippen LogP contribution in [0.4, 0.5) is 0 Å². The maximum absolute atomic E-state index is 13.3. The molecule has 2 bridgehead atoms. The number of aliphatic hydroxyl groups excluding tert-OH is 1. The highest BCUT2D eigenvalue weighted by Gasteiger charge is 2.30. The highest BCUT2D eigenvalue weighted by molar-refractivity contribution is 5.97. The summed E-state index contributed by atoms with van der Waals surface area (Å²) in [4.78, 5) is 66.6. The first-order valence-corrected chi connectivity index (χ1v) is 16.1. The van der Waals surface area contributed by atoms with Gasteiger partial charge in [-0.05, 0) is 68.4 Å². The monoisotopic (exact) mass is 653 g/mol. The fraction of sp³-hybridized carbons (Fsp3) is 0.500. The van der Waals surface area contributed by atoms with Crippen molar-refractivity contribution >= 4 is 29.5 Å². The van der Waals surface area contributed by atoms with Gasteiger partial charge in [-0.2, -0.15) is 0 Å². The number of nitrogens with one attached hydrogen (secondary N) is 4. The van der Waals surface area contributed by atoms with Crippen LogP contribution in [0.2, 0.25) is 0 Å². The molecule has 13 nitrogen and oxygen atoms in total. The Labute approximate surface area is 275 Å². The molecule has 47 heavy (non-hydrogen) atoms. The second-order valence-corrected chi connectivity index (χ2v) is 12.1. The Bertz CT molecular complexity index is 1380. The lowest BCUT2D eigenvalue weighted by molar-refractivity contribution is -0.134. The van der Waals surface area contributed by atoms with Crippen molar-refractivity contribution in [2.24, 2.45) is 5.92 Å². The summed E-state index contributed by atoms with van der Waals surface area (Å²) >= 11 is 0. The van der Waals surface area contributed by atoms with Crippen molar-refractivity contribution in [3.8, 4) is 11.5 Å². The number of carbonyl (C=O) groups excluding carboxylic acids is 5. The normalized spacial score (nSPS) is 20.5. The topological polar surface area (TPSA) is 186 Å². The summed E-state index contributed by atoms with van der Waals surface area (Å²) in [6.07, 6.45) is 0.480. The van der Waals surface area contributed by atoms with Crippen molar-refractivity contribution in [1.82, 2.24) is 26.2 Å². The smallest absolute Gasteiger partial charge is 0.257 e. The zero-order valence-corrected chi connectivity index (χ0v) is 27.3. The third-order valence-electron chi connectivity index (χ3n) is 7.56. The number of nitrogens with zero attached hydrogens (tertiary/aromatic N) is 1. The summed E-state index contributed by atoms with van der Waals surface area (Å²) in [6, 6.07) is 10.8. The number of benzene rings is 2. The number of ether oxygens (including phenoxy) is 1. The lowest BCUT2D eigenvalue weighted by Crippen LogP contribution is -2.57. The van der Waals surface area contributed by atoms with Crippen LogP contribution in [0.15, 0.2) is 48.5 Å². The SMILES string of the molecule is CC(C)C[C@H]1NC(=O)Cc2cccc(c2)OCC(=O)NCCCN(C(=O)c2ccccc2O)CCCCNC(=O)[C@H]([C@@H](C)O)NC1=O. The average Bonchev–Trinajstić information content (AvgIpc) is 3.02. The Kier molecular flexibility index (Phi) is 14.5. The summed E-state index contributed by atoms with van der Waals surface area (Å²) in [7, 11) is 0. The van der Waals surface area contributed by atoms with Gasteiger partial charge in [0.1, 0.15) is 23.6 Å². The molecule has 5 amide bonds. The van der Waals surface area contributed by atoms with Gasteiger partial charge in [0, 0.05) is 26.2 Å². The van der Waals surface area contributed by atoms with Crippen molar-refractivity contribution in [2.75, 3.05) is 32.8 Å². The first-order chi connectivity index (χ1) is 22.4.